The maximum Gasteiger partial charge on any atom is 0.362 e. The fourth-order valence-corrected chi connectivity index (χ4v) is 1.89. The van der Waals surface area contributed by atoms with Crippen LogP contribution in [0.5, 0.6) is 0 Å². The summed E-state index contributed by atoms with van der Waals surface area (Å²) in [5.41, 5.74) is 6.23. The molecule has 2 heterocycles. The highest BCUT2D eigenvalue weighted by molar-refractivity contribution is 7.09. The van der Waals surface area contributed by atoms with Gasteiger partial charge in [0.1, 0.15) is 18.1 Å². The van der Waals surface area contributed by atoms with E-state index < -0.39 is 5.97 Å². The van der Waals surface area contributed by atoms with Crippen molar-refractivity contribution in [3.63, 3.8) is 0 Å². The number of aromatic nitrogens is 5. The minimum atomic E-state index is -1.26. The molecule has 0 bridgehead atoms. The van der Waals surface area contributed by atoms with E-state index in [0.717, 1.165) is 16.4 Å². The molecule has 0 amide bonds. The van der Waals surface area contributed by atoms with Crippen molar-refractivity contribution in [2.45, 2.75) is 0 Å². The highest BCUT2D eigenvalue weighted by Gasteiger charge is 2.18. The monoisotopic (exact) mass is 337 g/mol. The highest BCUT2D eigenvalue weighted by atomic mass is 32.1. The average Bonchev–Trinajstić information content (AvgIpc) is 3.12. The summed E-state index contributed by atoms with van der Waals surface area (Å²) < 4.78 is 3.67. The van der Waals surface area contributed by atoms with Gasteiger partial charge in [-0.1, -0.05) is 22.1 Å². The van der Waals surface area contributed by atoms with Crippen molar-refractivity contribution in [3.05, 3.63) is 30.1 Å². The molecule has 3 rings (SSSR count). The van der Waals surface area contributed by atoms with Crippen molar-refractivity contribution in [1.82, 2.24) is 24.5 Å². The first-order valence-corrected chi connectivity index (χ1v) is 6.74. The molecule has 0 aliphatic rings. The number of carboxylic acid groups (broad SMARTS) is 1. The Morgan fingerprint density at radius 3 is 2.74 bits per heavy atom. The number of fused-ring (bicyclic) bond motifs is 1. The van der Waals surface area contributed by atoms with Crippen molar-refractivity contribution >= 4 is 39.4 Å². The summed E-state index contributed by atoms with van der Waals surface area (Å²) >= 11 is 0.893. The van der Waals surface area contributed by atoms with Crippen molar-refractivity contribution in [2.24, 2.45) is 5.16 Å². The predicted molar refractivity (Wildman–Crippen MR) is 80.2 cm³/mol. The Labute approximate surface area is 132 Å². The number of benzene rings is 1. The quantitative estimate of drug-likeness (QED) is 0.345. The van der Waals surface area contributed by atoms with Crippen molar-refractivity contribution in [3.8, 4) is 0 Å². The molecule has 0 unspecified atom stereocenters. The van der Waals surface area contributed by atoms with Gasteiger partial charge in [0.05, 0.1) is 0 Å². The van der Waals surface area contributed by atoms with Gasteiger partial charge in [-0.3, -0.25) is 0 Å². The number of oxime groups is 1. The van der Waals surface area contributed by atoms with Crippen LogP contribution in [-0.4, -0.2) is 53.6 Å². The topological polar surface area (TPSA) is 162 Å². The minimum absolute atomic E-state index is 0.0446. The van der Waals surface area contributed by atoms with Gasteiger partial charge in [0.2, 0.25) is 11.5 Å². The third-order valence-corrected chi connectivity index (χ3v) is 2.92. The number of rotatable bonds is 3. The molecule has 0 aliphatic carbocycles. The van der Waals surface area contributed by atoms with Gasteiger partial charge in [0, 0.05) is 11.5 Å². The molecule has 120 valence electrons. The van der Waals surface area contributed by atoms with Gasteiger partial charge in [-0.25, -0.2) is 4.79 Å². The minimum Gasteiger partial charge on any atom is -0.476 e. The Bertz CT molecular complexity index is 844. The molecule has 4 N–H and O–H groups in total. The summed E-state index contributed by atoms with van der Waals surface area (Å²) in [4.78, 5) is 19.3. The highest BCUT2D eigenvalue weighted by Crippen LogP contribution is 2.07. The molecule has 12 heteroatoms. The Morgan fingerprint density at radius 2 is 2.17 bits per heavy atom. The molecule has 0 saturated heterocycles. The average molecular weight is 337 g/mol. The Balaban J connectivity index is 0.000000172. The van der Waals surface area contributed by atoms with E-state index >= 15 is 0 Å². The van der Waals surface area contributed by atoms with Gasteiger partial charge >= 0.3 is 5.97 Å². The second-order valence-electron chi connectivity index (χ2n) is 3.85. The number of nitrogens with zero attached hydrogens (tertiary/aromatic N) is 6. The van der Waals surface area contributed by atoms with Crippen molar-refractivity contribution < 1.29 is 19.9 Å². The first-order chi connectivity index (χ1) is 11.0. The molecule has 2 aromatic heterocycles. The van der Waals surface area contributed by atoms with Gasteiger partial charge in [-0.05, 0) is 17.3 Å². The van der Waals surface area contributed by atoms with Gasteiger partial charge in [-0.2, -0.15) is 9.36 Å². The van der Waals surface area contributed by atoms with E-state index in [1.165, 1.54) is 7.11 Å². The molecule has 11 nitrogen and oxygen atoms in total. The summed E-state index contributed by atoms with van der Waals surface area (Å²) in [7, 11) is 1.23. The molecule has 23 heavy (non-hydrogen) atoms. The van der Waals surface area contributed by atoms with E-state index in [-0.39, 0.29) is 16.7 Å². The van der Waals surface area contributed by atoms with E-state index in [2.05, 4.69) is 29.7 Å². The number of carbonyl (C=O) groups is 1. The van der Waals surface area contributed by atoms with Crippen LogP contribution in [0.25, 0.3) is 11.0 Å². The maximum absolute atomic E-state index is 10.6. The van der Waals surface area contributed by atoms with Crippen LogP contribution in [0.3, 0.4) is 0 Å². The lowest BCUT2D eigenvalue weighted by Crippen LogP contribution is -2.16. The van der Waals surface area contributed by atoms with Crippen LogP contribution in [0, 0.1) is 0 Å². The van der Waals surface area contributed by atoms with Crippen LogP contribution in [0.1, 0.15) is 5.82 Å². The normalized spacial score (nSPS) is 10.9. The molecule has 0 saturated carbocycles. The zero-order chi connectivity index (χ0) is 16.8. The number of hydrogen-bond acceptors (Lipinski definition) is 10. The molecule has 0 atom stereocenters. The predicted octanol–water partition coefficient (Wildman–Crippen LogP) is 0.224. The van der Waals surface area contributed by atoms with Gasteiger partial charge in [0.15, 0.2) is 5.13 Å². The second kappa shape index (κ2) is 7.13. The molecule has 0 radical (unpaired) electrons. The van der Waals surface area contributed by atoms with Gasteiger partial charge < -0.3 is 20.9 Å². The standard InChI is InChI=1S/C6H5N3O.C5H6N4O3S/c10-9-6-4-2-1-3-5(6)7-8-9;1-12-8-2(4(10)11)3-7-5(6)13-9-3/h1-4,10H;1H3,(H,10,11)(H2,6,7,9). The molecule has 0 aliphatic heterocycles. The molecule has 0 spiro atoms. The third kappa shape index (κ3) is 3.88. The number of aliphatic carboxylic acids is 1. The number of hydrogen-bond donors (Lipinski definition) is 3. The van der Waals surface area contributed by atoms with Crippen LogP contribution in [0.15, 0.2) is 29.4 Å². The zero-order valence-electron chi connectivity index (χ0n) is 11.7. The van der Waals surface area contributed by atoms with E-state index in [1.807, 2.05) is 12.1 Å². The van der Waals surface area contributed by atoms with E-state index in [4.69, 9.17) is 16.0 Å². The lowest BCUT2D eigenvalue weighted by atomic mass is 10.3. The smallest absolute Gasteiger partial charge is 0.362 e. The lowest BCUT2D eigenvalue weighted by Gasteiger charge is -1.92. The van der Waals surface area contributed by atoms with Gasteiger partial charge in [-0.15, -0.1) is 5.10 Å². The largest absolute Gasteiger partial charge is 0.476 e. The Kier molecular flexibility index (Phi) is 4.99. The summed E-state index contributed by atoms with van der Waals surface area (Å²) in [6.45, 7) is 0. The second-order valence-corrected chi connectivity index (χ2v) is 4.63. The van der Waals surface area contributed by atoms with Crippen molar-refractivity contribution in [1.29, 1.82) is 0 Å². The zero-order valence-corrected chi connectivity index (χ0v) is 12.5. The van der Waals surface area contributed by atoms with Crippen LogP contribution < -0.4 is 5.73 Å². The fourth-order valence-electron chi connectivity index (χ4n) is 1.45. The summed E-state index contributed by atoms with van der Waals surface area (Å²) in [6, 6.07) is 7.19. The fraction of sp³-hybridized carbons (Fsp3) is 0.0909. The first kappa shape index (κ1) is 16.1. The maximum atomic E-state index is 10.6. The third-order valence-electron chi connectivity index (χ3n) is 2.37. The molecular formula is C11H11N7O4S. The lowest BCUT2D eigenvalue weighted by molar-refractivity contribution is -0.129. The van der Waals surface area contributed by atoms with Gasteiger partial charge in [0.25, 0.3) is 0 Å². The summed E-state index contributed by atoms with van der Waals surface area (Å²) in [5.74, 6) is -1.31. The summed E-state index contributed by atoms with van der Waals surface area (Å²) in [6.07, 6.45) is 0. The number of para-hydroxylation sites is 1. The SMILES string of the molecule is CON=C(C(=O)O)c1nsc(N)n1.On1nnc2ccccc21. The van der Waals surface area contributed by atoms with Crippen LogP contribution >= 0.6 is 11.5 Å². The Hall–Kier alpha value is -3.28. The van der Waals surface area contributed by atoms with E-state index in [1.54, 1.807) is 12.1 Å². The Morgan fingerprint density at radius 1 is 1.43 bits per heavy atom. The van der Waals surface area contributed by atoms with Crippen LogP contribution in [0.2, 0.25) is 0 Å². The molecule has 0 fully saturated rings. The molecular weight excluding hydrogens is 326 g/mol. The van der Waals surface area contributed by atoms with E-state index in [0.29, 0.717) is 11.0 Å². The van der Waals surface area contributed by atoms with Crippen LogP contribution in [0.4, 0.5) is 5.13 Å². The first-order valence-electron chi connectivity index (χ1n) is 5.96. The van der Waals surface area contributed by atoms with Crippen molar-refractivity contribution in [2.75, 3.05) is 12.8 Å². The summed E-state index contributed by atoms with van der Waals surface area (Å²) in [5, 5.41) is 28.1. The number of nitrogens with two attached hydrogens (primary N) is 1. The number of carboxylic acids is 1. The van der Waals surface area contributed by atoms with E-state index in [9.17, 15) is 4.79 Å². The number of nitrogen functional groups attached to an aromatic ring is 1. The number of anilines is 1. The molecule has 3 aromatic rings. The van der Waals surface area contributed by atoms with Crippen LogP contribution in [-0.2, 0) is 9.63 Å². The molecule has 1 aromatic carbocycles.